The molecule has 1 nitrogen and oxygen atoms in total. The molecule has 0 bridgehead atoms. The molecule has 0 N–H and O–H groups in total. The van der Waals surface area contributed by atoms with Crippen molar-refractivity contribution < 1.29 is 4.42 Å². The fourth-order valence-electron chi connectivity index (χ4n) is 11.6. The van der Waals surface area contributed by atoms with Crippen molar-refractivity contribution in [3.05, 3.63) is 341 Å². The van der Waals surface area contributed by atoms with E-state index in [-0.39, 0.29) is 0 Å². The second-order valence-electron chi connectivity index (χ2n) is 26.2. The standard InChI is InChI=1S/C14H12O.C14H12S.C14H14.C12H12.C12H18.C10H14.2C8H10/c2*1-9-3-5-11-12-6-4-10(2)8-14(12)15-13(11)7-9;1-11-8-12(2)10-14(9-11)13-6-4-3-5-7-13;1-9-5-3-8-12-10(2)6-4-7-11(9)12;1-7-8(2)10(4)12(6)11(5)9(7)3;1-7-5-9(3)10(4)6-8(7)2;1-7-4-3-5-8(2)6-7;1-7-5-3-4-6-8(7)2/h2*3-8H,1-2H3;3-10H,1-2H3;3-8H,1-2H3;1-6H3;5-6H,1-4H3;2*3-6H,1-2H3. The SMILES string of the molecule is Cc1c(C)c(C)c(C)c(C)c1C.Cc1cc(C)c(C)cc1C.Cc1cc(C)cc(-c2ccccc2)c1.Cc1ccc2c(c1)oc1cc(C)ccc12.Cc1ccc2c(c1)sc1cc(C)ccc12.Cc1cccc(C)c1.Cc1cccc2c(C)cccc12.Cc1ccccc1C. The number of fused-ring (bicyclic) bond motifs is 7. The van der Waals surface area contributed by atoms with Gasteiger partial charge in [0.1, 0.15) is 11.2 Å². The maximum absolute atomic E-state index is 5.81. The van der Waals surface area contributed by atoms with Gasteiger partial charge in [0.15, 0.2) is 0 Å². The van der Waals surface area contributed by atoms with E-state index in [1.54, 1.807) is 0 Å². The molecule has 2 heteroatoms. The number of hydrogen-bond donors (Lipinski definition) is 0. The first-order valence-corrected chi connectivity index (χ1v) is 34.0. The van der Waals surface area contributed by atoms with Crippen molar-refractivity contribution in [2.45, 2.75) is 152 Å². The van der Waals surface area contributed by atoms with Gasteiger partial charge in [-0.3, -0.25) is 0 Å². The highest BCUT2D eigenvalue weighted by atomic mass is 32.1. The maximum Gasteiger partial charge on any atom is 0.135 e. The molecule has 0 saturated heterocycles. The Hall–Kier alpha value is -9.08. The molecule has 0 fully saturated rings. The van der Waals surface area contributed by atoms with Crippen LogP contribution in [-0.4, -0.2) is 0 Å². The minimum Gasteiger partial charge on any atom is -0.456 e. The molecular weight excluding hydrogens is 1150 g/mol. The quantitative estimate of drug-likeness (QED) is 0.160. The lowest BCUT2D eigenvalue weighted by Crippen LogP contribution is -1.98. The van der Waals surface area contributed by atoms with E-state index >= 15 is 0 Å². The predicted octanol–water partition coefficient (Wildman–Crippen LogP) is 27.4. The van der Waals surface area contributed by atoms with Crippen LogP contribution in [-0.2, 0) is 0 Å². The Morgan fingerprint density at radius 3 is 0.851 bits per heavy atom. The number of thiophene rings is 1. The third kappa shape index (κ3) is 19.7. The summed E-state index contributed by atoms with van der Waals surface area (Å²) in [6, 6.07) is 77.4. The molecule has 0 unspecified atom stereocenters. The van der Waals surface area contributed by atoms with Gasteiger partial charge in [0.25, 0.3) is 0 Å². The van der Waals surface area contributed by atoms with Crippen molar-refractivity contribution >= 4 is 64.2 Å². The van der Waals surface area contributed by atoms with Crippen molar-refractivity contribution in [3.8, 4) is 11.1 Å². The smallest absolute Gasteiger partial charge is 0.135 e. The summed E-state index contributed by atoms with van der Waals surface area (Å²) in [5, 5.41) is 7.93. The number of hydrogen-bond acceptors (Lipinski definition) is 2. The zero-order valence-corrected chi connectivity index (χ0v) is 61.4. The van der Waals surface area contributed by atoms with E-state index in [1.807, 2.05) is 17.4 Å². The van der Waals surface area contributed by atoms with Gasteiger partial charge >= 0.3 is 0 Å². The molecule has 14 rings (SSSR count). The fraction of sp³-hybridized carbons (Fsp3) is 0.239. The third-order valence-corrected chi connectivity index (χ3v) is 19.5. The van der Waals surface area contributed by atoms with Crippen LogP contribution in [0.25, 0.3) is 64.0 Å². The Kier molecular flexibility index (Phi) is 25.9. The highest BCUT2D eigenvalue weighted by Crippen LogP contribution is 2.35. The van der Waals surface area contributed by atoms with Crippen LogP contribution in [0.15, 0.2) is 223 Å². The van der Waals surface area contributed by atoms with Gasteiger partial charge in [-0.1, -0.05) is 216 Å². The van der Waals surface area contributed by atoms with Gasteiger partial charge < -0.3 is 4.42 Å². The Labute approximate surface area is 569 Å². The van der Waals surface area contributed by atoms with E-state index in [0.29, 0.717) is 0 Å². The van der Waals surface area contributed by atoms with Crippen LogP contribution in [0.5, 0.6) is 0 Å². The molecule has 0 spiro atoms. The molecule has 12 aromatic carbocycles. The topological polar surface area (TPSA) is 13.1 Å². The highest BCUT2D eigenvalue weighted by Gasteiger charge is 2.10. The molecule has 0 atom stereocenters. The summed E-state index contributed by atoms with van der Waals surface area (Å²) in [5.41, 5.74) is 34.8. The van der Waals surface area contributed by atoms with Crippen molar-refractivity contribution in [3.63, 3.8) is 0 Å². The molecule has 94 heavy (non-hydrogen) atoms. The van der Waals surface area contributed by atoms with Gasteiger partial charge in [-0.15, -0.1) is 11.3 Å². The fourth-order valence-corrected chi connectivity index (χ4v) is 12.9. The van der Waals surface area contributed by atoms with Gasteiger partial charge in [0.05, 0.1) is 0 Å². The Balaban J connectivity index is 0.000000153. The van der Waals surface area contributed by atoms with Crippen LogP contribution >= 0.6 is 11.3 Å². The van der Waals surface area contributed by atoms with E-state index in [9.17, 15) is 0 Å². The maximum atomic E-state index is 5.81. The molecule has 482 valence electrons. The minimum absolute atomic E-state index is 0.982. The summed E-state index contributed by atoms with van der Waals surface area (Å²) >= 11 is 1.89. The monoisotopic (exact) mass is 1250 g/mol. The third-order valence-electron chi connectivity index (χ3n) is 18.3. The first-order valence-electron chi connectivity index (χ1n) is 33.2. The molecular formula is C92H102OS. The number of rotatable bonds is 1. The predicted molar refractivity (Wildman–Crippen MR) is 419 cm³/mol. The summed E-state index contributed by atoms with van der Waals surface area (Å²) in [5.74, 6) is 0. The molecule has 0 saturated carbocycles. The van der Waals surface area contributed by atoms with Crippen LogP contribution < -0.4 is 0 Å². The second kappa shape index (κ2) is 33.7. The Morgan fingerprint density at radius 1 is 0.191 bits per heavy atom. The molecule has 0 aliphatic heterocycles. The average molecular weight is 1260 g/mol. The zero-order valence-electron chi connectivity index (χ0n) is 60.6. The first kappa shape index (κ1) is 72.3. The second-order valence-corrected chi connectivity index (χ2v) is 27.3. The van der Waals surface area contributed by atoms with E-state index in [2.05, 4.69) is 365 Å². The van der Waals surface area contributed by atoms with Crippen molar-refractivity contribution in [2.24, 2.45) is 0 Å². The number of aryl methyl sites for hydroxylation is 16. The molecule has 2 heterocycles. The molecule has 0 radical (unpaired) electrons. The molecule has 14 aromatic rings. The number of benzene rings is 12. The summed E-state index contributed by atoms with van der Waals surface area (Å²) in [4.78, 5) is 0. The van der Waals surface area contributed by atoms with Crippen molar-refractivity contribution in [1.29, 1.82) is 0 Å². The highest BCUT2D eigenvalue weighted by molar-refractivity contribution is 7.25. The van der Waals surface area contributed by atoms with Gasteiger partial charge in [-0.05, 0) is 299 Å². The van der Waals surface area contributed by atoms with Crippen LogP contribution in [0.2, 0.25) is 0 Å². The summed E-state index contributed by atoms with van der Waals surface area (Å²) in [7, 11) is 0. The molecule has 0 aliphatic carbocycles. The van der Waals surface area contributed by atoms with Crippen LogP contribution in [0.4, 0.5) is 0 Å². The summed E-state index contributed by atoms with van der Waals surface area (Å²) in [6.45, 7) is 47.4. The normalized spacial score (nSPS) is 10.4. The van der Waals surface area contributed by atoms with Gasteiger partial charge in [0.2, 0.25) is 0 Å². The van der Waals surface area contributed by atoms with Crippen LogP contribution in [0.1, 0.15) is 122 Å². The largest absolute Gasteiger partial charge is 0.456 e. The lowest BCUT2D eigenvalue weighted by atomic mass is 9.90. The van der Waals surface area contributed by atoms with E-state index in [4.69, 9.17) is 4.42 Å². The number of furan rings is 1. The minimum atomic E-state index is 0.982. The lowest BCUT2D eigenvalue weighted by molar-refractivity contribution is 0.668. The van der Waals surface area contributed by atoms with Gasteiger partial charge in [0, 0.05) is 30.9 Å². The van der Waals surface area contributed by atoms with Gasteiger partial charge in [-0.2, -0.15) is 0 Å². The van der Waals surface area contributed by atoms with Crippen LogP contribution in [0.3, 0.4) is 0 Å². The lowest BCUT2D eigenvalue weighted by Gasteiger charge is -2.15. The molecule has 2 aromatic heterocycles. The van der Waals surface area contributed by atoms with Crippen molar-refractivity contribution in [1.82, 2.24) is 0 Å². The average Bonchev–Trinajstić information content (AvgIpc) is 1.63. The van der Waals surface area contributed by atoms with E-state index < -0.39 is 0 Å². The zero-order chi connectivity index (χ0) is 68.5. The Morgan fingerprint density at radius 2 is 0.500 bits per heavy atom. The Bertz CT molecular complexity index is 4360. The van der Waals surface area contributed by atoms with E-state index in [0.717, 1.165) is 11.2 Å². The molecule has 0 amide bonds. The van der Waals surface area contributed by atoms with Crippen LogP contribution in [0, 0.1) is 152 Å². The molecule has 0 aliphatic rings. The summed E-state index contributed by atoms with van der Waals surface area (Å²) < 4.78 is 8.61. The van der Waals surface area contributed by atoms with Crippen molar-refractivity contribution in [2.75, 3.05) is 0 Å². The summed E-state index contributed by atoms with van der Waals surface area (Å²) in [6.07, 6.45) is 0. The van der Waals surface area contributed by atoms with Gasteiger partial charge in [-0.25, -0.2) is 0 Å². The van der Waals surface area contributed by atoms with E-state index in [1.165, 1.54) is 175 Å². The first-order chi connectivity index (χ1) is 44.7.